The molecule has 0 bridgehead atoms. The Morgan fingerprint density at radius 3 is 2.73 bits per heavy atom. The van der Waals surface area contributed by atoms with Crippen LogP contribution < -0.4 is 10.2 Å². The number of rotatable bonds is 4. The number of aryl methyl sites for hydroxylation is 1. The van der Waals surface area contributed by atoms with Crippen LogP contribution >= 0.6 is 11.6 Å². The molecule has 1 aliphatic rings. The molecule has 1 fully saturated rings. The molecule has 0 saturated carbocycles. The number of benzene rings is 1. The van der Waals surface area contributed by atoms with Gasteiger partial charge in [0, 0.05) is 35.7 Å². The van der Waals surface area contributed by atoms with E-state index in [4.69, 9.17) is 11.6 Å². The van der Waals surface area contributed by atoms with Crippen LogP contribution in [0, 0.1) is 6.92 Å². The highest BCUT2D eigenvalue weighted by atomic mass is 35.5. The number of halogens is 1. The van der Waals surface area contributed by atoms with Crippen molar-refractivity contribution in [1.82, 2.24) is 4.98 Å². The number of sulfone groups is 1. The molecular weight excluding hydrogens is 374 g/mol. The van der Waals surface area contributed by atoms with E-state index in [0.29, 0.717) is 17.1 Å². The Bertz CT molecular complexity index is 946. The molecule has 138 valence electrons. The predicted molar refractivity (Wildman–Crippen MR) is 104 cm³/mol. The molecule has 1 unspecified atom stereocenters. The SMILES string of the molecule is Cc1cc(Cl)ccc1NC(=O)c1cc(N(C)C2CCS(=O)(=O)C2)ccn1. The normalized spacial score (nSPS) is 18.5. The standard InChI is InChI=1S/C18H20ClN3O3S/c1-12-9-13(19)3-4-16(12)21-18(23)17-10-14(5-7-20-17)22(2)15-6-8-26(24,25)11-15/h3-5,7,9-10,15H,6,8,11H2,1-2H3,(H,21,23). The third-order valence-corrected chi connectivity index (χ3v) is 6.56. The molecule has 0 spiro atoms. The summed E-state index contributed by atoms with van der Waals surface area (Å²) in [5.74, 6) is 0.0119. The minimum atomic E-state index is -2.97. The van der Waals surface area contributed by atoms with Gasteiger partial charge in [-0.3, -0.25) is 9.78 Å². The highest BCUT2D eigenvalue weighted by Gasteiger charge is 2.31. The topological polar surface area (TPSA) is 79.4 Å². The van der Waals surface area contributed by atoms with Crippen molar-refractivity contribution >= 4 is 38.7 Å². The molecule has 3 rings (SSSR count). The first-order valence-electron chi connectivity index (χ1n) is 8.22. The van der Waals surface area contributed by atoms with E-state index in [2.05, 4.69) is 10.3 Å². The Morgan fingerprint density at radius 2 is 2.08 bits per heavy atom. The number of carbonyl (C=O) groups excluding carboxylic acids is 1. The van der Waals surface area contributed by atoms with Crippen LogP contribution in [0.3, 0.4) is 0 Å². The van der Waals surface area contributed by atoms with Gasteiger partial charge in [-0.1, -0.05) is 11.6 Å². The van der Waals surface area contributed by atoms with Gasteiger partial charge in [0.2, 0.25) is 0 Å². The summed E-state index contributed by atoms with van der Waals surface area (Å²) in [5.41, 5.74) is 2.56. The van der Waals surface area contributed by atoms with Crippen LogP contribution in [0.25, 0.3) is 0 Å². The summed E-state index contributed by atoms with van der Waals surface area (Å²) in [4.78, 5) is 18.6. The van der Waals surface area contributed by atoms with E-state index in [1.807, 2.05) is 18.9 Å². The van der Waals surface area contributed by atoms with Gasteiger partial charge in [-0.2, -0.15) is 0 Å². The Labute approximate surface area is 158 Å². The van der Waals surface area contributed by atoms with Crippen molar-refractivity contribution in [2.75, 3.05) is 28.8 Å². The molecular formula is C18H20ClN3O3S. The molecule has 2 aromatic rings. The van der Waals surface area contributed by atoms with Gasteiger partial charge >= 0.3 is 0 Å². The molecule has 6 nitrogen and oxygen atoms in total. The highest BCUT2D eigenvalue weighted by molar-refractivity contribution is 7.91. The van der Waals surface area contributed by atoms with E-state index < -0.39 is 9.84 Å². The van der Waals surface area contributed by atoms with Gasteiger partial charge in [0.15, 0.2) is 9.84 Å². The van der Waals surface area contributed by atoms with E-state index in [1.165, 1.54) is 0 Å². The fourth-order valence-corrected chi connectivity index (χ4v) is 5.01. The Kier molecular flexibility index (Phi) is 5.20. The van der Waals surface area contributed by atoms with Gasteiger partial charge in [-0.25, -0.2) is 8.42 Å². The lowest BCUT2D eigenvalue weighted by atomic mass is 10.2. The smallest absolute Gasteiger partial charge is 0.274 e. The van der Waals surface area contributed by atoms with Crippen molar-refractivity contribution < 1.29 is 13.2 Å². The number of hydrogen-bond donors (Lipinski definition) is 1. The maximum atomic E-state index is 12.5. The van der Waals surface area contributed by atoms with Gasteiger partial charge in [0.05, 0.1) is 11.5 Å². The fourth-order valence-electron chi connectivity index (χ4n) is 3.01. The summed E-state index contributed by atoms with van der Waals surface area (Å²) in [6, 6.07) is 8.59. The molecule has 1 aliphatic heterocycles. The third-order valence-electron chi connectivity index (χ3n) is 4.58. The Morgan fingerprint density at radius 1 is 1.31 bits per heavy atom. The average Bonchev–Trinajstić information content (AvgIpc) is 2.96. The maximum absolute atomic E-state index is 12.5. The molecule has 1 N–H and O–H groups in total. The first-order valence-corrected chi connectivity index (χ1v) is 10.4. The first-order chi connectivity index (χ1) is 12.2. The molecule has 1 saturated heterocycles. The fraction of sp³-hybridized carbons (Fsp3) is 0.333. The number of carbonyl (C=O) groups is 1. The van der Waals surface area contributed by atoms with Crippen molar-refractivity contribution in [2.45, 2.75) is 19.4 Å². The minimum Gasteiger partial charge on any atom is -0.370 e. The van der Waals surface area contributed by atoms with Crippen LogP contribution in [-0.2, 0) is 9.84 Å². The van der Waals surface area contributed by atoms with Gasteiger partial charge < -0.3 is 10.2 Å². The van der Waals surface area contributed by atoms with E-state index in [-0.39, 0.29) is 29.1 Å². The second-order valence-corrected chi connectivity index (χ2v) is 9.15. The highest BCUT2D eigenvalue weighted by Crippen LogP contribution is 2.24. The number of aromatic nitrogens is 1. The van der Waals surface area contributed by atoms with E-state index >= 15 is 0 Å². The van der Waals surface area contributed by atoms with Crippen LogP contribution in [0.2, 0.25) is 5.02 Å². The quantitative estimate of drug-likeness (QED) is 0.863. The molecule has 0 radical (unpaired) electrons. The van der Waals surface area contributed by atoms with Crippen molar-refractivity contribution in [1.29, 1.82) is 0 Å². The lowest BCUT2D eigenvalue weighted by Crippen LogP contribution is -2.32. The number of pyridine rings is 1. The summed E-state index contributed by atoms with van der Waals surface area (Å²) in [5, 5.41) is 3.43. The number of anilines is 2. The van der Waals surface area contributed by atoms with Crippen molar-refractivity contribution in [3.8, 4) is 0 Å². The lowest BCUT2D eigenvalue weighted by molar-refractivity contribution is 0.102. The van der Waals surface area contributed by atoms with Crippen LogP contribution in [-0.4, -0.2) is 43.9 Å². The molecule has 1 amide bonds. The summed E-state index contributed by atoms with van der Waals surface area (Å²) in [7, 11) is -1.13. The van der Waals surface area contributed by atoms with Gasteiger partial charge in [-0.05, 0) is 49.2 Å². The predicted octanol–water partition coefficient (Wildman–Crippen LogP) is 2.92. The zero-order valence-electron chi connectivity index (χ0n) is 14.6. The van der Waals surface area contributed by atoms with E-state index in [1.54, 1.807) is 36.5 Å². The van der Waals surface area contributed by atoms with Crippen LogP contribution in [0.15, 0.2) is 36.5 Å². The number of nitrogens with zero attached hydrogens (tertiary/aromatic N) is 2. The van der Waals surface area contributed by atoms with E-state index in [9.17, 15) is 13.2 Å². The van der Waals surface area contributed by atoms with Crippen LogP contribution in [0.5, 0.6) is 0 Å². The summed E-state index contributed by atoms with van der Waals surface area (Å²) in [6.07, 6.45) is 2.14. The molecule has 26 heavy (non-hydrogen) atoms. The average molecular weight is 394 g/mol. The summed E-state index contributed by atoms with van der Waals surface area (Å²) in [6.45, 7) is 1.86. The zero-order valence-corrected chi connectivity index (χ0v) is 16.1. The van der Waals surface area contributed by atoms with Gasteiger partial charge in [-0.15, -0.1) is 0 Å². The largest absolute Gasteiger partial charge is 0.370 e. The zero-order chi connectivity index (χ0) is 18.9. The van der Waals surface area contributed by atoms with Crippen molar-refractivity contribution in [2.24, 2.45) is 0 Å². The van der Waals surface area contributed by atoms with Crippen LogP contribution in [0.4, 0.5) is 11.4 Å². The number of nitrogens with one attached hydrogen (secondary N) is 1. The number of amides is 1. The molecule has 8 heteroatoms. The van der Waals surface area contributed by atoms with Gasteiger partial charge in [0.1, 0.15) is 5.69 Å². The monoisotopic (exact) mass is 393 g/mol. The Balaban J connectivity index is 1.77. The molecule has 2 heterocycles. The van der Waals surface area contributed by atoms with Crippen molar-refractivity contribution in [3.63, 3.8) is 0 Å². The van der Waals surface area contributed by atoms with E-state index in [0.717, 1.165) is 11.3 Å². The van der Waals surface area contributed by atoms with Gasteiger partial charge in [0.25, 0.3) is 5.91 Å². The van der Waals surface area contributed by atoms with Crippen molar-refractivity contribution in [3.05, 3.63) is 52.8 Å². The second-order valence-electron chi connectivity index (χ2n) is 6.48. The Hall–Kier alpha value is -2.12. The maximum Gasteiger partial charge on any atom is 0.274 e. The third kappa shape index (κ3) is 4.16. The molecule has 1 atom stereocenters. The van der Waals surface area contributed by atoms with Crippen LogP contribution in [0.1, 0.15) is 22.5 Å². The second kappa shape index (κ2) is 7.25. The molecule has 1 aromatic carbocycles. The first kappa shape index (κ1) is 18.7. The molecule has 0 aliphatic carbocycles. The summed E-state index contributed by atoms with van der Waals surface area (Å²) < 4.78 is 23.4. The number of hydrogen-bond acceptors (Lipinski definition) is 5. The minimum absolute atomic E-state index is 0.0863. The summed E-state index contributed by atoms with van der Waals surface area (Å²) >= 11 is 5.94. The lowest BCUT2D eigenvalue weighted by Gasteiger charge is -2.25. The molecule has 1 aromatic heterocycles.